The molecule has 2 heterocycles. The summed E-state index contributed by atoms with van der Waals surface area (Å²) in [6.45, 7) is 2.40. The van der Waals surface area contributed by atoms with Crippen LogP contribution in [-0.4, -0.2) is 19.9 Å². The van der Waals surface area contributed by atoms with Crippen LogP contribution < -0.4 is 10.9 Å². The maximum atomic E-state index is 11.5. The Labute approximate surface area is 110 Å². The van der Waals surface area contributed by atoms with Crippen LogP contribution in [0.2, 0.25) is 0 Å². The van der Waals surface area contributed by atoms with E-state index >= 15 is 0 Å². The van der Waals surface area contributed by atoms with Crippen molar-refractivity contribution in [3.8, 4) is 0 Å². The Morgan fingerprint density at radius 1 is 1.37 bits per heavy atom. The molecule has 6 heteroatoms. The molecular weight excluding hydrogens is 242 g/mol. The predicted molar refractivity (Wildman–Crippen MR) is 70.9 cm³/mol. The van der Waals surface area contributed by atoms with E-state index in [0.717, 1.165) is 30.1 Å². The fourth-order valence-corrected chi connectivity index (χ4v) is 1.81. The number of hydrogen-bond donors (Lipinski definition) is 2. The summed E-state index contributed by atoms with van der Waals surface area (Å²) in [4.78, 5) is 27.2. The molecule has 3 rings (SSSR count). The van der Waals surface area contributed by atoms with Crippen LogP contribution >= 0.6 is 0 Å². The van der Waals surface area contributed by atoms with Crippen molar-refractivity contribution in [2.45, 2.75) is 32.2 Å². The predicted octanol–water partition coefficient (Wildman–Crippen LogP) is 1.36. The van der Waals surface area contributed by atoms with Gasteiger partial charge in [-0.1, -0.05) is 0 Å². The van der Waals surface area contributed by atoms with Gasteiger partial charge in [0, 0.05) is 18.2 Å². The van der Waals surface area contributed by atoms with Gasteiger partial charge in [0.2, 0.25) is 0 Å². The Morgan fingerprint density at radius 3 is 2.89 bits per heavy atom. The Balaban J connectivity index is 1.72. The van der Waals surface area contributed by atoms with Crippen LogP contribution in [0.5, 0.6) is 0 Å². The summed E-state index contributed by atoms with van der Waals surface area (Å²) >= 11 is 0. The maximum absolute atomic E-state index is 11.5. The minimum atomic E-state index is -0.116. The van der Waals surface area contributed by atoms with Gasteiger partial charge in [-0.05, 0) is 19.8 Å². The summed E-state index contributed by atoms with van der Waals surface area (Å²) in [6.07, 6.45) is 5.65. The van der Waals surface area contributed by atoms with Crippen molar-refractivity contribution in [3.05, 3.63) is 46.0 Å². The third-order valence-corrected chi connectivity index (χ3v) is 3.01. The van der Waals surface area contributed by atoms with Crippen LogP contribution in [0.3, 0.4) is 0 Å². The molecule has 2 aromatic rings. The number of aromatic nitrogens is 4. The molecule has 1 aliphatic carbocycles. The Kier molecular flexibility index (Phi) is 2.98. The zero-order chi connectivity index (χ0) is 13.2. The second kappa shape index (κ2) is 4.79. The smallest absolute Gasteiger partial charge is 0.252 e. The van der Waals surface area contributed by atoms with Crippen molar-refractivity contribution < 1.29 is 0 Å². The van der Waals surface area contributed by atoms with E-state index in [1.807, 2.05) is 6.92 Å². The molecule has 6 nitrogen and oxygen atoms in total. The van der Waals surface area contributed by atoms with Crippen LogP contribution in [-0.2, 0) is 6.54 Å². The zero-order valence-electron chi connectivity index (χ0n) is 10.7. The van der Waals surface area contributed by atoms with Crippen LogP contribution in [0.1, 0.15) is 36.0 Å². The van der Waals surface area contributed by atoms with Gasteiger partial charge in [0.1, 0.15) is 11.6 Å². The number of aryl methyl sites for hydroxylation is 1. The first-order valence-electron chi connectivity index (χ1n) is 6.33. The standard InChI is InChI=1S/C13H15N5O/c1-8-5-15-10(6-14-8)7-16-11-4-12(19)18-13(17-11)9-2-3-9/h4-6,9H,2-3,7H2,1H3,(H2,16,17,18,19). The van der Waals surface area contributed by atoms with E-state index in [1.54, 1.807) is 12.4 Å². The lowest BCUT2D eigenvalue weighted by atomic mass is 10.3. The quantitative estimate of drug-likeness (QED) is 0.864. The summed E-state index contributed by atoms with van der Waals surface area (Å²) in [7, 11) is 0. The number of nitrogens with one attached hydrogen (secondary N) is 2. The van der Waals surface area contributed by atoms with Crippen LogP contribution in [0.4, 0.5) is 5.82 Å². The van der Waals surface area contributed by atoms with Crippen molar-refractivity contribution in [2.24, 2.45) is 0 Å². The van der Waals surface area contributed by atoms with E-state index < -0.39 is 0 Å². The Morgan fingerprint density at radius 2 is 2.21 bits per heavy atom. The molecule has 0 bridgehead atoms. The number of anilines is 1. The summed E-state index contributed by atoms with van der Waals surface area (Å²) < 4.78 is 0. The maximum Gasteiger partial charge on any atom is 0.252 e. The van der Waals surface area contributed by atoms with Gasteiger partial charge >= 0.3 is 0 Å². The molecule has 0 unspecified atom stereocenters. The summed E-state index contributed by atoms with van der Waals surface area (Å²) in [5, 5.41) is 3.11. The fraction of sp³-hybridized carbons (Fsp3) is 0.385. The second-order valence-electron chi connectivity index (χ2n) is 4.79. The molecule has 0 spiro atoms. The highest BCUT2D eigenvalue weighted by molar-refractivity contribution is 5.34. The third kappa shape index (κ3) is 2.96. The van der Waals surface area contributed by atoms with Crippen molar-refractivity contribution in [3.63, 3.8) is 0 Å². The highest BCUT2D eigenvalue weighted by atomic mass is 16.1. The Bertz CT molecular complexity index is 630. The first-order chi connectivity index (χ1) is 9.20. The molecule has 0 aromatic carbocycles. The van der Waals surface area contributed by atoms with E-state index in [9.17, 15) is 4.79 Å². The molecule has 98 valence electrons. The van der Waals surface area contributed by atoms with Gasteiger partial charge < -0.3 is 10.3 Å². The average Bonchev–Trinajstić information content (AvgIpc) is 3.22. The van der Waals surface area contributed by atoms with Gasteiger partial charge in [-0.15, -0.1) is 0 Å². The molecule has 2 aromatic heterocycles. The molecule has 0 saturated heterocycles. The van der Waals surface area contributed by atoms with E-state index in [-0.39, 0.29) is 5.56 Å². The number of nitrogens with zero attached hydrogens (tertiary/aromatic N) is 3. The van der Waals surface area contributed by atoms with E-state index in [2.05, 4.69) is 25.3 Å². The van der Waals surface area contributed by atoms with Crippen molar-refractivity contribution >= 4 is 5.82 Å². The van der Waals surface area contributed by atoms with Crippen LogP contribution in [0, 0.1) is 6.92 Å². The van der Waals surface area contributed by atoms with Crippen molar-refractivity contribution in [1.29, 1.82) is 0 Å². The van der Waals surface area contributed by atoms with E-state index in [4.69, 9.17) is 0 Å². The van der Waals surface area contributed by atoms with Gasteiger partial charge in [-0.2, -0.15) is 0 Å². The molecule has 0 amide bonds. The first-order valence-corrected chi connectivity index (χ1v) is 6.33. The largest absolute Gasteiger partial charge is 0.364 e. The SMILES string of the molecule is Cc1cnc(CNc2cc(=O)[nH]c(C3CC3)n2)cn1. The number of rotatable bonds is 4. The molecular formula is C13H15N5O. The summed E-state index contributed by atoms with van der Waals surface area (Å²) in [6, 6.07) is 1.47. The summed E-state index contributed by atoms with van der Waals surface area (Å²) in [5.74, 6) is 1.80. The molecule has 0 radical (unpaired) electrons. The highest BCUT2D eigenvalue weighted by Gasteiger charge is 2.26. The van der Waals surface area contributed by atoms with Gasteiger partial charge in [0.25, 0.3) is 5.56 Å². The van der Waals surface area contributed by atoms with E-state index in [0.29, 0.717) is 18.3 Å². The Hall–Kier alpha value is -2.24. The number of aromatic amines is 1. The third-order valence-electron chi connectivity index (χ3n) is 3.01. The normalized spacial score (nSPS) is 14.4. The summed E-state index contributed by atoms with van der Waals surface area (Å²) in [5.41, 5.74) is 1.59. The first kappa shape index (κ1) is 11.8. The molecule has 1 fully saturated rings. The van der Waals surface area contributed by atoms with Gasteiger partial charge in [0.15, 0.2) is 0 Å². The number of H-pyrrole nitrogens is 1. The van der Waals surface area contributed by atoms with Gasteiger partial charge in [0.05, 0.1) is 24.1 Å². The average molecular weight is 257 g/mol. The van der Waals surface area contributed by atoms with Crippen molar-refractivity contribution in [2.75, 3.05) is 5.32 Å². The molecule has 19 heavy (non-hydrogen) atoms. The van der Waals surface area contributed by atoms with E-state index in [1.165, 1.54) is 6.07 Å². The molecule has 0 atom stereocenters. The lowest BCUT2D eigenvalue weighted by molar-refractivity contribution is 0.897. The molecule has 1 aliphatic rings. The molecule has 0 aliphatic heterocycles. The molecule has 2 N–H and O–H groups in total. The minimum absolute atomic E-state index is 0.116. The van der Waals surface area contributed by atoms with Gasteiger partial charge in [-0.25, -0.2) is 4.98 Å². The fourth-order valence-electron chi connectivity index (χ4n) is 1.81. The van der Waals surface area contributed by atoms with Crippen LogP contribution in [0.15, 0.2) is 23.3 Å². The minimum Gasteiger partial charge on any atom is -0.364 e. The highest BCUT2D eigenvalue weighted by Crippen LogP contribution is 2.37. The lowest BCUT2D eigenvalue weighted by Gasteiger charge is -2.06. The van der Waals surface area contributed by atoms with Crippen molar-refractivity contribution in [1.82, 2.24) is 19.9 Å². The van der Waals surface area contributed by atoms with Crippen LogP contribution in [0.25, 0.3) is 0 Å². The monoisotopic (exact) mass is 257 g/mol. The topological polar surface area (TPSA) is 83.6 Å². The number of hydrogen-bond acceptors (Lipinski definition) is 5. The molecule has 1 saturated carbocycles. The lowest BCUT2D eigenvalue weighted by Crippen LogP contribution is -2.13. The second-order valence-corrected chi connectivity index (χ2v) is 4.79. The zero-order valence-corrected chi connectivity index (χ0v) is 10.7. The van der Waals surface area contributed by atoms with Gasteiger partial charge in [-0.3, -0.25) is 14.8 Å².